The molecule has 0 aliphatic carbocycles. The summed E-state index contributed by atoms with van der Waals surface area (Å²) in [5, 5.41) is 0. The molecule has 0 radical (unpaired) electrons. The Kier molecular flexibility index (Phi) is 12.4. The third-order valence-corrected chi connectivity index (χ3v) is 6.62. The minimum atomic E-state index is -1.10. The van der Waals surface area contributed by atoms with Crippen LogP contribution in [0.5, 0.6) is 0 Å². The van der Waals surface area contributed by atoms with Gasteiger partial charge in [0.25, 0.3) is 0 Å². The van der Waals surface area contributed by atoms with E-state index in [4.69, 9.17) is 23.7 Å². The van der Waals surface area contributed by atoms with Crippen LogP contribution in [0.4, 0.5) is 0 Å². The van der Waals surface area contributed by atoms with Crippen molar-refractivity contribution in [2.75, 3.05) is 13.2 Å². The van der Waals surface area contributed by atoms with E-state index in [1.165, 1.54) is 0 Å². The van der Waals surface area contributed by atoms with Gasteiger partial charge in [0.15, 0.2) is 0 Å². The highest BCUT2D eigenvalue weighted by Gasteiger charge is 2.32. The molecular formula is C36H34O9. The summed E-state index contributed by atoms with van der Waals surface area (Å²) in [6.07, 6.45) is -3.02. The molecule has 0 heterocycles. The maximum atomic E-state index is 13.2. The highest BCUT2D eigenvalue weighted by Crippen LogP contribution is 2.19. The predicted molar refractivity (Wildman–Crippen MR) is 165 cm³/mol. The number of hydrogen-bond acceptors (Lipinski definition) is 9. The summed E-state index contributed by atoms with van der Waals surface area (Å²) in [5.41, 5.74) is 1.28. The summed E-state index contributed by atoms with van der Waals surface area (Å²) >= 11 is 0. The molecule has 0 aliphatic heterocycles. The lowest BCUT2D eigenvalue weighted by molar-refractivity contribution is -0.181. The second kappa shape index (κ2) is 17.1. The van der Waals surface area contributed by atoms with Crippen LogP contribution in [0.1, 0.15) is 61.2 Å². The van der Waals surface area contributed by atoms with Crippen LogP contribution in [-0.2, 0) is 23.7 Å². The molecule has 3 atom stereocenters. The minimum absolute atomic E-state index is 0.00618. The monoisotopic (exact) mass is 610 g/mol. The molecule has 0 N–H and O–H groups in total. The first-order valence-corrected chi connectivity index (χ1v) is 14.6. The number of esters is 4. The highest BCUT2D eigenvalue weighted by atomic mass is 16.7. The number of benzene rings is 4. The molecular weight excluding hydrogens is 576 g/mol. The summed E-state index contributed by atoms with van der Waals surface area (Å²) < 4.78 is 28.7. The lowest BCUT2D eigenvalue weighted by Crippen LogP contribution is -2.42. The smallest absolute Gasteiger partial charge is 0.340 e. The van der Waals surface area contributed by atoms with Gasteiger partial charge in [-0.15, -0.1) is 0 Å². The molecule has 9 heteroatoms. The van der Waals surface area contributed by atoms with Crippen LogP contribution in [0.3, 0.4) is 0 Å². The zero-order chi connectivity index (χ0) is 31.9. The number of carbonyl (C=O) groups excluding carboxylic acids is 4. The Hall–Kier alpha value is -5.28. The Morgan fingerprint density at radius 1 is 0.511 bits per heavy atom. The molecule has 1 unspecified atom stereocenters. The standard InChI is InChI=1S/C36H34O9/c1-2-32(45-36(40)29-21-13-6-14-22-29)43-31(25-42-34(38)27-17-9-4-10-18-27)30(44-35(39)28-19-11-5-12-20-28)23-24-41-33(37)26-15-7-3-8-16-26/h3-22,30-32H,2,23-25H2,1H3/t30-,31+,32?/m0/s1. The fourth-order valence-electron chi connectivity index (χ4n) is 4.24. The van der Waals surface area contributed by atoms with Crippen LogP contribution in [0, 0.1) is 0 Å². The molecule has 0 aromatic heterocycles. The van der Waals surface area contributed by atoms with E-state index in [1.807, 2.05) is 0 Å². The fraction of sp³-hybridized carbons (Fsp3) is 0.222. The Morgan fingerprint density at radius 3 is 1.36 bits per heavy atom. The van der Waals surface area contributed by atoms with E-state index < -0.39 is 42.4 Å². The van der Waals surface area contributed by atoms with Crippen LogP contribution < -0.4 is 0 Å². The van der Waals surface area contributed by atoms with E-state index in [2.05, 4.69) is 0 Å². The van der Waals surface area contributed by atoms with Crippen LogP contribution >= 0.6 is 0 Å². The number of ether oxygens (including phenoxy) is 5. The third kappa shape index (κ3) is 10.1. The van der Waals surface area contributed by atoms with Crippen molar-refractivity contribution in [3.8, 4) is 0 Å². The van der Waals surface area contributed by atoms with E-state index in [9.17, 15) is 19.2 Å². The van der Waals surface area contributed by atoms with Crippen LogP contribution in [0.15, 0.2) is 121 Å². The van der Waals surface area contributed by atoms with Crippen LogP contribution in [0.2, 0.25) is 0 Å². The lowest BCUT2D eigenvalue weighted by Gasteiger charge is -2.30. The van der Waals surface area contributed by atoms with E-state index in [0.29, 0.717) is 16.7 Å². The summed E-state index contributed by atoms with van der Waals surface area (Å²) in [6, 6.07) is 33.6. The normalized spacial score (nSPS) is 12.6. The van der Waals surface area contributed by atoms with Crippen molar-refractivity contribution >= 4 is 23.9 Å². The molecule has 0 spiro atoms. The molecule has 45 heavy (non-hydrogen) atoms. The molecule has 232 valence electrons. The molecule has 0 fully saturated rings. The van der Waals surface area contributed by atoms with Gasteiger partial charge in [-0.2, -0.15) is 0 Å². The van der Waals surface area contributed by atoms with Gasteiger partial charge in [0.05, 0.1) is 28.9 Å². The molecule has 0 amide bonds. The molecule has 0 aliphatic rings. The summed E-state index contributed by atoms with van der Waals surface area (Å²) in [4.78, 5) is 51.5. The molecule has 4 aromatic rings. The largest absolute Gasteiger partial charge is 0.462 e. The van der Waals surface area contributed by atoms with Crippen molar-refractivity contribution in [2.24, 2.45) is 0 Å². The van der Waals surface area contributed by atoms with Gasteiger partial charge >= 0.3 is 23.9 Å². The number of carbonyl (C=O) groups is 4. The van der Waals surface area contributed by atoms with E-state index >= 15 is 0 Å². The maximum absolute atomic E-state index is 13.2. The molecule has 4 aromatic carbocycles. The van der Waals surface area contributed by atoms with Gasteiger partial charge in [-0.05, 0) is 48.5 Å². The summed E-state index contributed by atoms with van der Waals surface area (Å²) in [7, 11) is 0. The molecule has 9 nitrogen and oxygen atoms in total. The van der Waals surface area contributed by atoms with Crippen molar-refractivity contribution in [1.29, 1.82) is 0 Å². The van der Waals surface area contributed by atoms with Gasteiger partial charge in [0.2, 0.25) is 6.29 Å². The average Bonchev–Trinajstić information content (AvgIpc) is 3.10. The van der Waals surface area contributed by atoms with Gasteiger partial charge in [0, 0.05) is 12.8 Å². The second-order valence-corrected chi connectivity index (χ2v) is 9.85. The average molecular weight is 611 g/mol. The quantitative estimate of drug-likeness (QED) is 0.0870. The van der Waals surface area contributed by atoms with E-state index in [0.717, 1.165) is 0 Å². The predicted octanol–water partition coefficient (Wildman–Crippen LogP) is 6.29. The van der Waals surface area contributed by atoms with Crippen LogP contribution in [0.25, 0.3) is 0 Å². The van der Waals surface area contributed by atoms with Gasteiger partial charge in [0.1, 0.15) is 18.8 Å². The Balaban J connectivity index is 1.55. The number of hydrogen-bond donors (Lipinski definition) is 0. The van der Waals surface area contributed by atoms with E-state index in [1.54, 1.807) is 128 Å². The zero-order valence-electron chi connectivity index (χ0n) is 24.8. The minimum Gasteiger partial charge on any atom is -0.462 e. The molecule has 0 saturated carbocycles. The summed E-state index contributed by atoms with van der Waals surface area (Å²) in [6.45, 7) is 1.25. The SMILES string of the molecule is CCC(OC(=O)c1ccccc1)O[C@H](COC(=O)c1ccccc1)[C@H](CCOC(=O)c1ccccc1)OC(=O)c1ccccc1. The van der Waals surface area contributed by atoms with Crippen molar-refractivity contribution in [2.45, 2.75) is 38.3 Å². The zero-order valence-corrected chi connectivity index (χ0v) is 24.8. The second-order valence-electron chi connectivity index (χ2n) is 9.85. The van der Waals surface area contributed by atoms with Crippen molar-refractivity contribution < 1.29 is 42.9 Å². The maximum Gasteiger partial charge on any atom is 0.340 e. The van der Waals surface area contributed by atoms with Gasteiger partial charge in [-0.1, -0.05) is 79.7 Å². The Morgan fingerprint density at radius 2 is 0.911 bits per heavy atom. The third-order valence-electron chi connectivity index (χ3n) is 6.62. The van der Waals surface area contributed by atoms with Crippen LogP contribution in [-0.4, -0.2) is 55.6 Å². The van der Waals surface area contributed by atoms with Crippen molar-refractivity contribution in [3.05, 3.63) is 144 Å². The Bertz CT molecular complexity index is 1510. The number of rotatable bonds is 15. The van der Waals surface area contributed by atoms with E-state index in [-0.39, 0.29) is 31.6 Å². The highest BCUT2D eigenvalue weighted by molar-refractivity contribution is 5.91. The lowest BCUT2D eigenvalue weighted by atomic mass is 10.1. The van der Waals surface area contributed by atoms with Gasteiger partial charge in [-0.25, -0.2) is 19.2 Å². The first-order chi connectivity index (χ1) is 21.9. The molecule has 4 rings (SSSR count). The van der Waals surface area contributed by atoms with Gasteiger partial charge < -0.3 is 23.7 Å². The van der Waals surface area contributed by atoms with Gasteiger partial charge in [-0.3, -0.25) is 0 Å². The fourth-order valence-corrected chi connectivity index (χ4v) is 4.24. The summed E-state index contributed by atoms with van der Waals surface area (Å²) in [5.74, 6) is -2.45. The Labute approximate surface area is 261 Å². The first-order valence-electron chi connectivity index (χ1n) is 14.6. The first kappa shape index (κ1) is 32.6. The molecule has 0 bridgehead atoms. The topological polar surface area (TPSA) is 114 Å². The van der Waals surface area contributed by atoms with Crippen molar-refractivity contribution in [1.82, 2.24) is 0 Å². The van der Waals surface area contributed by atoms with Crippen molar-refractivity contribution in [3.63, 3.8) is 0 Å². The molecule has 0 saturated heterocycles.